The van der Waals surface area contributed by atoms with Gasteiger partial charge in [0.05, 0.1) is 0 Å². The van der Waals surface area contributed by atoms with Gasteiger partial charge in [-0.2, -0.15) is 0 Å². The lowest BCUT2D eigenvalue weighted by atomic mass is 9.69. The fraction of sp³-hybridized carbons (Fsp3) is 0.657. The van der Waals surface area contributed by atoms with E-state index in [4.69, 9.17) is 0 Å². The summed E-state index contributed by atoms with van der Waals surface area (Å²) in [5.41, 5.74) is 11.0. The minimum atomic E-state index is 0.0951. The quantitative estimate of drug-likeness (QED) is 0.413. The van der Waals surface area contributed by atoms with E-state index in [1.807, 2.05) is 0 Å². The Morgan fingerprint density at radius 2 is 0.886 bits per heavy atom. The van der Waals surface area contributed by atoms with E-state index in [-0.39, 0.29) is 27.1 Å². The summed E-state index contributed by atoms with van der Waals surface area (Å²) < 4.78 is 0. The highest BCUT2D eigenvalue weighted by molar-refractivity contribution is 5.49. The molecule has 0 heterocycles. The third-order valence-electron chi connectivity index (χ3n) is 7.43. The summed E-state index contributed by atoms with van der Waals surface area (Å²) >= 11 is 0. The highest BCUT2D eigenvalue weighted by Crippen LogP contribution is 2.41. The Morgan fingerprint density at radius 3 is 1.23 bits per heavy atom. The lowest BCUT2D eigenvalue weighted by Crippen LogP contribution is -2.26. The Labute approximate surface area is 219 Å². The van der Waals surface area contributed by atoms with Crippen LogP contribution in [0, 0.1) is 0 Å². The van der Waals surface area contributed by atoms with E-state index in [9.17, 15) is 0 Å². The Bertz CT molecular complexity index is 996. The predicted molar refractivity (Wildman–Crippen MR) is 159 cm³/mol. The van der Waals surface area contributed by atoms with Crippen molar-refractivity contribution in [1.82, 2.24) is 0 Å². The molecule has 0 aromatic heterocycles. The number of benzene rings is 2. The molecule has 0 bridgehead atoms. The van der Waals surface area contributed by atoms with Crippen LogP contribution in [0.4, 0.5) is 0 Å². The van der Waals surface area contributed by atoms with Gasteiger partial charge in [-0.05, 0) is 78.4 Å². The molecule has 2 aromatic carbocycles. The summed E-state index contributed by atoms with van der Waals surface area (Å²) in [6.07, 6.45) is 1.07. The van der Waals surface area contributed by atoms with Gasteiger partial charge in [0.1, 0.15) is 0 Å². The highest BCUT2D eigenvalue weighted by atomic mass is 14.4. The van der Waals surface area contributed by atoms with Gasteiger partial charge in [-0.15, -0.1) is 0 Å². The normalized spacial score (nSPS) is 14.9. The van der Waals surface area contributed by atoms with Crippen molar-refractivity contribution in [3.05, 3.63) is 69.3 Å². The smallest absolute Gasteiger partial charge is 0.0126 e. The molecule has 1 unspecified atom stereocenters. The van der Waals surface area contributed by atoms with Crippen molar-refractivity contribution in [3.8, 4) is 0 Å². The zero-order valence-corrected chi connectivity index (χ0v) is 26.2. The molecule has 0 aliphatic heterocycles. The maximum Gasteiger partial charge on any atom is -0.0126 e. The molecule has 0 spiro atoms. The maximum absolute atomic E-state index is 2.53. The maximum atomic E-state index is 2.53. The number of hydrogen-bond acceptors (Lipinski definition) is 0. The van der Waals surface area contributed by atoms with Gasteiger partial charge in [0, 0.05) is 0 Å². The van der Waals surface area contributed by atoms with E-state index in [2.05, 4.69) is 141 Å². The summed E-state index contributed by atoms with van der Waals surface area (Å²) in [6.45, 7) is 37.8. The summed E-state index contributed by atoms with van der Waals surface area (Å²) in [5, 5.41) is 0. The standard InChI is InChI=1S/C35H56/c1-23(24-18-26(31(2,3)4)21-27(19-24)32(5,6)7)17-25-20-28(33(8,9)10)22-29(34(11,12)13)30(25)35(14,15)16/h18-23H,17H2,1-16H3. The van der Waals surface area contributed by atoms with Gasteiger partial charge in [0.25, 0.3) is 0 Å². The first kappa shape index (κ1) is 29.7. The van der Waals surface area contributed by atoms with Crippen molar-refractivity contribution >= 4 is 0 Å². The minimum absolute atomic E-state index is 0.0951. The molecule has 2 rings (SSSR count). The summed E-state index contributed by atoms with van der Waals surface area (Å²) in [5.74, 6) is 0.447. The molecule has 1 atom stereocenters. The topological polar surface area (TPSA) is 0 Å². The Balaban J connectivity index is 2.77. The number of hydrogen-bond donors (Lipinski definition) is 0. The minimum Gasteiger partial charge on any atom is -0.0581 e. The first-order valence-corrected chi connectivity index (χ1v) is 13.8. The first-order valence-electron chi connectivity index (χ1n) is 13.8. The third-order valence-corrected chi connectivity index (χ3v) is 7.43. The molecular formula is C35H56. The average molecular weight is 477 g/mol. The summed E-state index contributed by atoms with van der Waals surface area (Å²) in [7, 11) is 0. The van der Waals surface area contributed by atoms with Crippen molar-refractivity contribution in [1.29, 1.82) is 0 Å². The van der Waals surface area contributed by atoms with E-state index in [0.29, 0.717) is 5.92 Å². The molecule has 2 aromatic rings. The Kier molecular flexibility index (Phi) is 7.96. The van der Waals surface area contributed by atoms with E-state index < -0.39 is 0 Å². The van der Waals surface area contributed by atoms with E-state index >= 15 is 0 Å². The van der Waals surface area contributed by atoms with Crippen LogP contribution in [0.15, 0.2) is 30.3 Å². The monoisotopic (exact) mass is 476 g/mol. The van der Waals surface area contributed by atoms with Crippen LogP contribution in [-0.2, 0) is 33.5 Å². The van der Waals surface area contributed by atoms with Crippen molar-refractivity contribution < 1.29 is 0 Å². The van der Waals surface area contributed by atoms with Crippen LogP contribution >= 0.6 is 0 Å². The molecule has 0 N–H and O–H groups in total. The molecule has 0 saturated heterocycles. The predicted octanol–water partition coefficient (Wildman–Crippen LogP) is 10.5. The second-order valence-electron chi connectivity index (χ2n) is 16.3. The molecule has 0 radical (unpaired) electrons. The molecule has 196 valence electrons. The van der Waals surface area contributed by atoms with E-state index in [1.165, 1.54) is 33.4 Å². The van der Waals surface area contributed by atoms with Gasteiger partial charge in [0.15, 0.2) is 0 Å². The Morgan fingerprint density at radius 1 is 0.486 bits per heavy atom. The molecular weight excluding hydrogens is 420 g/mol. The van der Waals surface area contributed by atoms with Crippen LogP contribution in [0.3, 0.4) is 0 Å². The third kappa shape index (κ3) is 7.24. The van der Waals surface area contributed by atoms with Crippen molar-refractivity contribution in [2.24, 2.45) is 0 Å². The first-order chi connectivity index (χ1) is 15.4. The van der Waals surface area contributed by atoms with E-state index in [1.54, 1.807) is 5.56 Å². The molecule has 0 aliphatic carbocycles. The van der Waals surface area contributed by atoms with Gasteiger partial charge in [0.2, 0.25) is 0 Å². The fourth-order valence-corrected chi connectivity index (χ4v) is 5.02. The average Bonchev–Trinajstić information content (AvgIpc) is 2.63. The molecule has 35 heavy (non-hydrogen) atoms. The van der Waals surface area contributed by atoms with Crippen LogP contribution in [0.1, 0.15) is 156 Å². The lowest BCUT2D eigenvalue weighted by Gasteiger charge is -2.36. The lowest BCUT2D eigenvalue weighted by molar-refractivity contribution is 0.514. The SMILES string of the molecule is CC(Cc1cc(C(C)(C)C)cc(C(C)(C)C)c1C(C)(C)C)c1cc(C(C)(C)C)cc(C(C)(C)C)c1. The van der Waals surface area contributed by atoms with Crippen molar-refractivity contribution in [3.63, 3.8) is 0 Å². The van der Waals surface area contributed by atoms with Crippen LogP contribution in [0.25, 0.3) is 0 Å². The second-order valence-corrected chi connectivity index (χ2v) is 16.3. The number of rotatable bonds is 3. The van der Waals surface area contributed by atoms with Crippen LogP contribution in [0.2, 0.25) is 0 Å². The fourth-order valence-electron chi connectivity index (χ4n) is 5.02. The molecule has 0 amide bonds. The van der Waals surface area contributed by atoms with Crippen LogP contribution < -0.4 is 0 Å². The van der Waals surface area contributed by atoms with Gasteiger partial charge >= 0.3 is 0 Å². The zero-order chi connectivity index (χ0) is 27.4. The van der Waals surface area contributed by atoms with Crippen molar-refractivity contribution in [2.75, 3.05) is 0 Å². The van der Waals surface area contributed by atoms with Gasteiger partial charge in [-0.1, -0.05) is 141 Å². The summed E-state index contributed by atoms with van der Waals surface area (Å²) in [4.78, 5) is 0. The molecule has 0 saturated carbocycles. The zero-order valence-electron chi connectivity index (χ0n) is 26.2. The Hall–Kier alpha value is -1.56. The molecule has 0 nitrogen and oxygen atoms in total. The molecule has 0 aliphatic rings. The van der Waals surface area contributed by atoms with Gasteiger partial charge in [-0.3, -0.25) is 0 Å². The largest absolute Gasteiger partial charge is 0.0581 e. The van der Waals surface area contributed by atoms with Gasteiger partial charge < -0.3 is 0 Å². The van der Waals surface area contributed by atoms with E-state index in [0.717, 1.165) is 6.42 Å². The molecule has 0 fully saturated rings. The van der Waals surface area contributed by atoms with Gasteiger partial charge in [-0.25, -0.2) is 0 Å². The van der Waals surface area contributed by atoms with Crippen LogP contribution in [-0.4, -0.2) is 0 Å². The highest BCUT2D eigenvalue weighted by Gasteiger charge is 2.31. The van der Waals surface area contributed by atoms with Crippen molar-refractivity contribution in [2.45, 2.75) is 150 Å². The second kappa shape index (κ2) is 9.39. The van der Waals surface area contributed by atoms with Crippen LogP contribution in [0.5, 0.6) is 0 Å². The molecule has 0 heteroatoms. The summed E-state index contributed by atoms with van der Waals surface area (Å²) in [6, 6.07) is 12.4.